The van der Waals surface area contributed by atoms with Gasteiger partial charge in [0.1, 0.15) is 0 Å². The molecular formula is C12H13NO2. The van der Waals surface area contributed by atoms with Crippen LogP contribution in [0.2, 0.25) is 0 Å². The van der Waals surface area contributed by atoms with E-state index in [1.165, 1.54) is 6.21 Å². The van der Waals surface area contributed by atoms with Gasteiger partial charge >= 0.3 is 5.97 Å². The van der Waals surface area contributed by atoms with Gasteiger partial charge in [0, 0.05) is 12.6 Å². The summed E-state index contributed by atoms with van der Waals surface area (Å²) in [5, 5.41) is 15.4. The van der Waals surface area contributed by atoms with Gasteiger partial charge in [-0.25, -0.2) is 0 Å². The van der Waals surface area contributed by atoms with E-state index in [1.807, 2.05) is 36.4 Å². The van der Waals surface area contributed by atoms with E-state index in [4.69, 9.17) is 10.5 Å². The average Bonchev–Trinajstić information content (AvgIpc) is 2.25. The third-order valence-corrected chi connectivity index (χ3v) is 1.94. The quantitative estimate of drug-likeness (QED) is 0.722. The molecule has 0 spiro atoms. The van der Waals surface area contributed by atoms with Gasteiger partial charge in [-0.15, -0.1) is 0 Å². The number of benzene rings is 1. The lowest BCUT2D eigenvalue weighted by atomic mass is 10.1. The highest BCUT2D eigenvalue weighted by Crippen LogP contribution is 2.05. The SMILES string of the molecule is N=Cc1ccc(/C=C/CCC(=O)O)cc1. The molecule has 0 aliphatic carbocycles. The molecule has 1 aromatic rings. The molecule has 1 rings (SSSR count). The number of hydrogen-bond acceptors (Lipinski definition) is 2. The summed E-state index contributed by atoms with van der Waals surface area (Å²) in [5.41, 5.74) is 1.88. The van der Waals surface area contributed by atoms with Crippen molar-refractivity contribution in [3.8, 4) is 0 Å². The summed E-state index contributed by atoms with van der Waals surface area (Å²) in [5.74, 6) is -0.779. The fourth-order valence-corrected chi connectivity index (χ4v) is 1.13. The molecule has 3 heteroatoms. The van der Waals surface area contributed by atoms with E-state index in [2.05, 4.69) is 0 Å². The summed E-state index contributed by atoms with van der Waals surface area (Å²) in [6.07, 6.45) is 5.72. The van der Waals surface area contributed by atoms with Crippen molar-refractivity contribution < 1.29 is 9.90 Å². The maximum Gasteiger partial charge on any atom is 0.303 e. The molecule has 0 fully saturated rings. The summed E-state index contributed by atoms with van der Waals surface area (Å²) >= 11 is 0. The number of carboxylic acid groups (broad SMARTS) is 1. The summed E-state index contributed by atoms with van der Waals surface area (Å²) < 4.78 is 0. The van der Waals surface area contributed by atoms with Crippen molar-refractivity contribution in [3.05, 3.63) is 41.5 Å². The summed E-state index contributed by atoms with van der Waals surface area (Å²) in [4.78, 5) is 10.2. The lowest BCUT2D eigenvalue weighted by molar-refractivity contribution is -0.136. The summed E-state index contributed by atoms with van der Waals surface area (Å²) in [6.45, 7) is 0. The Hall–Kier alpha value is -1.90. The number of allylic oxidation sites excluding steroid dienone is 1. The van der Waals surface area contributed by atoms with E-state index in [0.29, 0.717) is 6.42 Å². The summed E-state index contributed by atoms with van der Waals surface area (Å²) in [7, 11) is 0. The van der Waals surface area contributed by atoms with Crippen molar-refractivity contribution in [1.29, 1.82) is 5.41 Å². The zero-order valence-corrected chi connectivity index (χ0v) is 8.31. The van der Waals surface area contributed by atoms with Crippen molar-refractivity contribution in [2.24, 2.45) is 0 Å². The van der Waals surface area contributed by atoms with Gasteiger partial charge in [-0.1, -0.05) is 36.4 Å². The van der Waals surface area contributed by atoms with Crippen molar-refractivity contribution in [2.75, 3.05) is 0 Å². The van der Waals surface area contributed by atoms with Crippen LogP contribution >= 0.6 is 0 Å². The molecule has 2 N–H and O–H groups in total. The Morgan fingerprint density at radius 2 is 1.87 bits per heavy atom. The predicted octanol–water partition coefficient (Wildman–Crippen LogP) is 2.56. The van der Waals surface area contributed by atoms with Crippen molar-refractivity contribution in [1.82, 2.24) is 0 Å². The van der Waals surface area contributed by atoms with Gasteiger partial charge in [0.15, 0.2) is 0 Å². The molecule has 0 aliphatic rings. The lowest BCUT2D eigenvalue weighted by Gasteiger charge is -1.94. The number of nitrogens with one attached hydrogen (secondary N) is 1. The van der Waals surface area contributed by atoms with Gasteiger partial charge in [-0.05, 0) is 17.5 Å². The molecule has 3 nitrogen and oxygen atoms in total. The van der Waals surface area contributed by atoms with Crippen LogP contribution in [0, 0.1) is 5.41 Å². The Bertz CT molecular complexity index is 366. The normalized spacial score (nSPS) is 10.4. The molecule has 0 unspecified atom stereocenters. The van der Waals surface area contributed by atoms with Crippen LogP contribution in [0.1, 0.15) is 24.0 Å². The molecule has 0 aliphatic heterocycles. The Balaban J connectivity index is 2.49. The van der Waals surface area contributed by atoms with Crippen LogP contribution in [0.25, 0.3) is 6.08 Å². The minimum atomic E-state index is -0.779. The third kappa shape index (κ3) is 4.22. The highest BCUT2D eigenvalue weighted by atomic mass is 16.4. The molecule has 0 amide bonds. The van der Waals surface area contributed by atoms with Gasteiger partial charge in [0.25, 0.3) is 0 Å². The van der Waals surface area contributed by atoms with E-state index in [-0.39, 0.29) is 6.42 Å². The largest absolute Gasteiger partial charge is 0.481 e. The average molecular weight is 203 g/mol. The molecule has 0 heterocycles. The first kappa shape index (κ1) is 11.2. The van der Waals surface area contributed by atoms with Crippen LogP contribution in [0.3, 0.4) is 0 Å². The van der Waals surface area contributed by atoms with Crippen LogP contribution in [0.4, 0.5) is 0 Å². The zero-order chi connectivity index (χ0) is 11.1. The number of aliphatic carboxylic acids is 1. The number of carbonyl (C=O) groups is 1. The molecule has 78 valence electrons. The number of rotatable bonds is 5. The standard InChI is InChI=1S/C12H13NO2/c13-9-11-7-5-10(6-8-11)3-1-2-4-12(14)15/h1,3,5-9,13H,2,4H2,(H,14,15)/b3-1+,13-9?. The molecule has 0 bridgehead atoms. The second-order valence-corrected chi connectivity index (χ2v) is 3.15. The Morgan fingerprint density at radius 3 is 2.40 bits per heavy atom. The zero-order valence-electron chi connectivity index (χ0n) is 8.31. The molecular weight excluding hydrogens is 190 g/mol. The smallest absolute Gasteiger partial charge is 0.303 e. The fraction of sp³-hybridized carbons (Fsp3) is 0.167. The minimum absolute atomic E-state index is 0.162. The first-order chi connectivity index (χ1) is 7.22. The summed E-state index contributed by atoms with van der Waals surface area (Å²) in [6, 6.07) is 7.50. The van der Waals surface area contributed by atoms with E-state index in [0.717, 1.165) is 11.1 Å². The van der Waals surface area contributed by atoms with Crippen molar-refractivity contribution >= 4 is 18.3 Å². The molecule has 0 aromatic heterocycles. The molecule has 0 radical (unpaired) electrons. The topological polar surface area (TPSA) is 61.2 Å². The van der Waals surface area contributed by atoms with Gasteiger partial charge < -0.3 is 10.5 Å². The van der Waals surface area contributed by atoms with Gasteiger partial charge in [0.05, 0.1) is 0 Å². The second kappa shape index (κ2) is 5.75. The highest BCUT2D eigenvalue weighted by Gasteiger charge is 1.92. The fourth-order valence-electron chi connectivity index (χ4n) is 1.13. The predicted molar refractivity (Wildman–Crippen MR) is 60.2 cm³/mol. The third-order valence-electron chi connectivity index (χ3n) is 1.94. The molecule has 15 heavy (non-hydrogen) atoms. The van der Waals surface area contributed by atoms with Gasteiger partial charge in [0.2, 0.25) is 0 Å². The van der Waals surface area contributed by atoms with Crippen molar-refractivity contribution in [2.45, 2.75) is 12.8 Å². The molecule has 0 saturated heterocycles. The maximum atomic E-state index is 10.2. The van der Waals surface area contributed by atoms with Crippen molar-refractivity contribution in [3.63, 3.8) is 0 Å². The Morgan fingerprint density at radius 1 is 1.27 bits per heavy atom. The molecule has 0 saturated carbocycles. The van der Waals surface area contributed by atoms with Crippen LogP contribution in [-0.2, 0) is 4.79 Å². The van der Waals surface area contributed by atoms with Crippen LogP contribution in [0.5, 0.6) is 0 Å². The first-order valence-corrected chi connectivity index (χ1v) is 4.71. The molecule has 0 atom stereocenters. The second-order valence-electron chi connectivity index (χ2n) is 3.15. The van der Waals surface area contributed by atoms with E-state index < -0.39 is 5.97 Å². The van der Waals surface area contributed by atoms with Gasteiger partial charge in [-0.2, -0.15) is 0 Å². The number of hydrogen-bond donors (Lipinski definition) is 2. The lowest BCUT2D eigenvalue weighted by Crippen LogP contribution is -1.91. The number of carboxylic acids is 1. The Kier molecular flexibility index (Phi) is 4.29. The van der Waals surface area contributed by atoms with E-state index >= 15 is 0 Å². The maximum absolute atomic E-state index is 10.2. The van der Waals surface area contributed by atoms with Gasteiger partial charge in [-0.3, -0.25) is 4.79 Å². The van der Waals surface area contributed by atoms with Crippen LogP contribution in [-0.4, -0.2) is 17.3 Å². The first-order valence-electron chi connectivity index (χ1n) is 4.71. The minimum Gasteiger partial charge on any atom is -0.481 e. The monoisotopic (exact) mass is 203 g/mol. The van der Waals surface area contributed by atoms with E-state index in [1.54, 1.807) is 0 Å². The Labute approximate surface area is 88.6 Å². The van der Waals surface area contributed by atoms with E-state index in [9.17, 15) is 4.79 Å². The highest BCUT2D eigenvalue weighted by molar-refractivity contribution is 5.77. The van der Waals surface area contributed by atoms with Crippen LogP contribution in [0.15, 0.2) is 30.3 Å². The van der Waals surface area contributed by atoms with Crippen LogP contribution < -0.4 is 0 Å². The molecule has 1 aromatic carbocycles.